The standard InChI is InChI=1S/C25H23NO6/c1-30-18-9-5-16(6-10-18)13-14-26-22(17-7-11-19(31-2)12-8-17)21(24(28)25(26)29)23(27)20-4-3-15-32-20/h3-12,15,22,28H,13-14H2,1-2H3. The molecule has 0 saturated carbocycles. The number of benzene rings is 2. The number of ether oxygens (including phenoxy) is 2. The van der Waals surface area contributed by atoms with Gasteiger partial charge in [0.2, 0.25) is 5.78 Å². The van der Waals surface area contributed by atoms with Crippen LogP contribution in [-0.2, 0) is 11.2 Å². The minimum Gasteiger partial charge on any atom is -0.503 e. The van der Waals surface area contributed by atoms with Crippen LogP contribution in [0.2, 0.25) is 0 Å². The van der Waals surface area contributed by atoms with Crippen LogP contribution in [0.1, 0.15) is 27.7 Å². The molecule has 32 heavy (non-hydrogen) atoms. The quantitative estimate of drug-likeness (QED) is 0.538. The largest absolute Gasteiger partial charge is 0.503 e. The van der Waals surface area contributed by atoms with Crippen LogP contribution in [-0.4, -0.2) is 42.5 Å². The molecule has 7 heteroatoms. The molecule has 1 aliphatic rings. The van der Waals surface area contributed by atoms with Crippen molar-refractivity contribution in [3.63, 3.8) is 0 Å². The highest BCUT2D eigenvalue weighted by atomic mass is 16.5. The van der Waals surface area contributed by atoms with E-state index in [1.54, 1.807) is 44.6 Å². The summed E-state index contributed by atoms with van der Waals surface area (Å²) in [5.41, 5.74) is 1.69. The van der Waals surface area contributed by atoms with Gasteiger partial charge in [0, 0.05) is 6.54 Å². The zero-order valence-electron chi connectivity index (χ0n) is 17.8. The number of ketones is 1. The summed E-state index contributed by atoms with van der Waals surface area (Å²) in [7, 11) is 3.16. The Hall–Kier alpha value is -4.00. The van der Waals surface area contributed by atoms with E-state index in [1.165, 1.54) is 17.2 Å². The Labute approximate surface area is 185 Å². The van der Waals surface area contributed by atoms with Crippen molar-refractivity contribution in [3.8, 4) is 11.5 Å². The number of carbonyl (C=O) groups is 2. The first-order valence-corrected chi connectivity index (χ1v) is 10.1. The molecular formula is C25H23NO6. The van der Waals surface area contributed by atoms with E-state index in [2.05, 4.69) is 0 Å². The Balaban J connectivity index is 1.67. The molecule has 0 aliphatic carbocycles. The molecule has 1 N–H and O–H groups in total. The van der Waals surface area contributed by atoms with Gasteiger partial charge >= 0.3 is 0 Å². The van der Waals surface area contributed by atoms with Crippen molar-refractivity contribution in [2.45, 2.75) is 12.5 Å². The van der Waals surface area contributed by atoms with E-state index in [1.807, 2.05) is 24.3 Å². The summed E-state index contributed by atoms with van der Waals surface area (Å²) in [5.74, 6) is -0.206. The second kappa shape index (κ2) is 9.01. The molecule has 0 fully saturated rings. The van der Waals surface area contributed by atoms with E-state index in [4.69, 9.17) is 13.9 Å². The summed E-state index contributed by atoms with van der Waals surface area (Å²) in [6, 6.07) is 17.0. The van der Waals surface area contributed by atoms with Crippen molar-refractivity contribution in [2.75, 3.05) is 20.8 Å². The third-order valence-electron chi connectivity index (χ3n) is 5.53. The van der Waals surface area contributed by atoms with E-state index >= 15 is 0 Å². The third kappa shape index (κ3) is 3.97. The molecule has 2 aromatic carbocycles. The summed E-state index contributed by atoms with van der Waals surface area (Å²) in [5, 5.41) is 10.7. The zero-order valence-corrected chi connectivity index (χ0v) is 17.8. The van der Waals surface area contributed by atoms with E-state index in [0.717, 1.165) is 11.3 Å². The van der Waals surface area contributed by atoms with Gasteiger partial charge in [-0.05, 0) is 53.9 Å². The topological polar surface area (TPSA) is 89.2 Å². The number of rotatable bonds is 8. The molecule has 4 rings (SSSR count). The first-order chi connectivity index (χ1) is 15.5. The highest BCUT2D eigenvalue weighted by Gasteiger charge is 2.44. The van der Waals surface area contributed by atoms with Crippen molar-refractivity contribution < 1.29 is 28.6 Å². The van der Waals surface area contributed by atoms with Crippen molar-refractivity contribution in [3.05, 3.63) is 95.1 Å². The Kier molecular flexibility index (Phi) is 5.98. The second-order valence-electron chi connectivity index (χ2n) is 7.34. The number of aliphatic hydroxyl groups is 1. The molecule has 0 spiro atoms. The number of nitrogens with zero attached hydrogens (tertiary/aromatic N) is 1. The number of amides is 1. The molecule has 2 heterocycles. The second-order valence-corrected chi connectivity index (χ2v) is 7.34. The lowest BCUT2D eigenvalue weighted by atomic mass is 9.95. The van der Waals surface area contributed by atoms with Crippen molar-refractivity contribution in [1.82, 2.24) is 4.90 Å². The summed E-state index contributed by atoms with van der Waals surface area (Å²) in [4.78, 5) is 27.7. The van der Waals surface area contributed by atoms with Crippen molar-refractivity contribution in [2.24, 2.45) is 0 Å². The maximum absolute atomic E-state index is 13.1. The van der Waals surface area contributed by atoms with Gasteiger partial charge < -0.3 is 23.9 Å². The lowest BCUT2D eigenvalue weighted by molar-refractivity contribution is -0.129. The highest BCUT2D eigenvalue weighted by Crippen LogP contribution is 2.39. The van der Waals surface area contributed by atoms with Gasteiger partial charge in [-0.25, -0.2) is 0 Å². The Morgan fingerprint density at radius 2 is 1.62 bits per heavy atom. The average molecular weight is 433 g/mol. The van der Waals surface area contributed by atoms with E-state index in [0.29, 0.717) is 24.3 Å². The smallest absolute Gasteiger partial charge is 0.290 e. The van der Waals surface area contributed by atoms with E-state index < -0.39 is 23.5 Å². The van der Waals surface area contributed by atoms with Gasteiger partial charge in [0.1, 0.15) is 11.5 Å². The molecule has 164 valence electrons. The molecule has 0 radical (unpaired) electrons. The van der Waals surface area contributed by atoms with Crippen LogP contribution in [0.3, 0.4) is 0 Å². The van der Waals surface area contributed by atoms with Crippen LogP contribution in [0.15, 0.2) is 82.7 Å². The maximum atomic E-state index is 13.1. The van der Waals surface area contributed by atoms with Gasteiger partial charge in [-0.3, -0.25) is 9.59 Å². The lowest BCUT2D eigenvalue weighted by Gasteiger charge is -2.27. The Bertz CT molecular complexity index is 1130. The van der Waals surface area contributed by atoms with Crippen LogP contribution >= 0.6 is 0 Å². The zero-order chi connectivity index (χ0) is 22.7. The Morgan fingerprint density at radius 3 is 2.19 bits per heavy atom. The summed E-state index contributed by atoms with van der Waals surface area (Å²) < 4.78 is 15.7. The molecule has 0 saturated heterocycles. The number of carbonyl (C=O) groups excluding carboxylic acids is 2. The summed E-state index contributed by atoms with van der Waals surface area (Å²) in [6.45, 7) is 0.306. The van der Waals surface area contributed by atoms with E-state index in [-0.39, 0.29) is 11.3 Å². The molecule has 7 nitrogen and oxygen atoms in total. The lowest BCUT2D eigenvalue weighted by Crippen LogP contribution is -2.33. The van der Waals surface area contributed by atoms with Crippen LogP contribution < -0.4 is 9.47 Å². The first kappa shape index (κ1) is 21.2. The van der Waals surface area contributed by atoms with Crippen molar-refractivity contribution >= 4 is 11.7 Å². The maximum Gasteiger partial charge on any atom is 0.290 e. The predicted octanol–water partition coefficient (Wildman–Crippen LogP) is 4.12. The van der Waals surface area contributed by atoms with Crippen LogP contribution in [0.5, 0.6) is 11.5 Å². The molecular weight excluding hydrogens is 410 g/mol. The number of hydrogen-bond acceptors (Lipinski definition) is 6. The Morgan fingerprint density at radius 1 is 1.00 bits per heavy atom. The fraction of sp³-hybridized carbons (Fsp3) is 0.200. The highest BCUT2D eigenvalue weighted by molar-refractivity contribution is 6.15. The summed E-state index contributed by atoms with van der Waals surface area (Å²) >= 11 is 0. The monoisotopic (exact) mass is 433 g/mol. The summed E-state index contributed by atoms with van der Waals surface area (Å²) in [6.07, 6.45) is 1.92. The molecule has 3 aromatic rings. The molecule has 1 atom stereocenters. The third-order valence-corrected chi connectivity index (χ3v) is 5.53. The molecule has 1 aliphatic heterocycles. The fourth-order valence-electron chi connectivity index (χ4n) is 3.83. The fourth-order valence-corrected chi connectivity index (χ4v) is 3.83. The van der Waals surface area contributed by atoms with Gasteiger partial charge in [-0.1, -0.05) is 24.3 Å². The minimum absolute atomic E-state index is 0.00449. The first-order valence-electron chi connectivity index (χ1n) is 10.1. The van der Waals surface area contributed by atoms with Gasteiger partial charge in [-0.15, -0.1) is 0 Å². The van der Waals surface area contributed by atoms with Crippen LogP contribution in [0.4, 0.5) is 0 Å². The van der Waals surface area contributed by atoms with Gasteiger partial charge in [-0.2, -0.15) is 0 Å². The van der Waals surface area contributed by atoms with Gasteiger partial charge in [0.15, 0.2) is 11.5 Å². The normalized spacial score (nSPS) is 15.9. The molecule has 1 unspecified atom stereocenters. The van der Waals surface area contributed by atoms with Crippen LogP contribution in [0, 0.1) is 0 Å². The number of Topliss-reactive ketones (excluding diaryl/α,β-unsaturated/α-hetero) is 1. The number of furan rings is 1. The predicted molar refractivity (Wildman–Crippen MR) is 117 cm³/mol. The van der Waals surface area contributed by atoms with Gasteiger partial charge in [0.25, 0.3) is 5.91 Å². The number of aliphatic hydroxyl groups excluding tert-OH is 1. The van der Waals surface area contributed by atoms with Crippen LogP contribution in [0.25, 0.3) is 0 Å². The van der Waals surface area contributed by atoms with Gasteiger partial charge in [0.05, 0.1) is 32.1 Å². The molecule has 0 bridgehead atoms. The van der Waals surface area contributed by atoms with Crippen molar-refractivity contribution in [1.29, 1.82) is 0 Å². The van der Waals surface area contributed by atoms with E-state index in [9.17, 15) is 14.7 Å². The molecule has 1 aromatic heterocycles. The SMILES string of the molecule is COc1ccc(CCN2C(=O)C(O)=C(C(=O)c3ccco3)C2c2ccc(OC)cc2)cc1. The number of hydrogen-bond donors (Lipinski definition) is 1. The average Bonchev–Trinajstić information content (AvgIpc) is 3.45. The number of methoxy groups -OCH3 is 2. The minimum atomic E-state index is -0.746. The molecule has 1 amide bonds.